The van der Waals surface area contributed by atoms with Crippen molar-refractivity contribution in [2.45, 2.75) is 0 Å². The summed E-state index contributed by atoms with van der Waals surface area (Å²) in [5, 5.41) is 1.10. The van der Waals surface area contributed by atoms with Crippen LogP contribution in [0.15, 0.2) is 24.3 Å². The van der Waals surface area contributed by atoms with Crippen LogP contribution < -0.4 is 5.73 Å². The molecule has 4 heteroatoms. The molecule has 1 aromatic carbocycles. The number of pyridine rings is 1. The molecule has 1 heterocycles. The highest BCUT2D eigenvalue weighted by atomic mass is 35.5. The Hall–Kier alpha value is -1.61. The number of aromatic nitrogens is 1. The zero-order valence-corrected chi connectivity index (χ0v) is 7.88. The van der Waals surface area contributed by atoms with Gasteiger partial charge < -0.3 is 5.73 Å². The SMILES string of the molecule is NC(=O)c1nc2[c]cccc2cc1Cl. The molecule has 1 radical (unpaired) electrons. The van der Waals surface area contributed by atoms with Crippen LogP contribution in [0.4, 0.5) is 0 Å². The highest BCUT2D eigenvalue weighted by Crippen LogP contribution is 2.19. The third kappa shape index (κ3) is 1.42. The van der Waals surface area contributed by atoms with E-state index in [4.69, 9.17) is 17.3 Å². The van der Waals surface area contributed by atoms with E-state index in [1.807, 2.05) is 12.1 Å². The summed E-state index contributed by atoms with van der Waals surface area (Å²) in [7, 11) is 0. The Morgan fingerprint density at radius 1 is 1.57 bits per heavy atom. The lowest BCUT2D eigenvalue weighted by Gasteiger charge is -2.01. The Labute approximate surface area is 85.5 Å². The van der Waals surface area contributed by atoms with Crippen LogP contribution in [0.1, 0.15) is 10.5 Å². The number of nitrogens with two attached hydrogens (primary N) is 1. The van der Waals surface area contributed by atoms with Crippen LogP contribution in [0, 0.1) is 6.07 Å². The van der Waals surface area contributed by atoms with Crippen molar-refractivity contribution in [3.63, 3.8) is 0 Å². The molecule has 1 aromatic heterocycles. The van der Waals surface area contributed by atoms with Crippen molar-refractivity contribution in [3.05, 3.63) is 41.0 Å². The standard InChI is InChI=1S/C10H6ClN2O/c11-7-5-6-3-1-2-4-8(6)13-9(7)10(12)14/h1-3,5H,(H2,12,14). The number of nitrogens with zero attached hydrogens (tertiary/aromatic N) is 1. The van der Waals surface area contributed by atoms with Gasteiger partial charge in [0.05, 0.1) is 10.5 Å². The summed E-state index contributed by atoms with van der Waals surface area (Å²) in [4.78, 5) is 14.9. The van der Waals surface area contributed by atoms with Crippen LogP contribution in [0.2, 0.25) is 5.02 Å². The molecule has 2 N–H and O–H groups in total. The molecular formula is C10H6ClN2O. The molecule has 69 valence electrons. The quantitative estimate of drug-likeness (QED) is 0.772. The lowest BCUT2D eigenvalue weighted by molar-refractivity contribution is 0.0996. The smallest absolute Gasteiger partial charge is 0.268 e. The summed E-state index contributed by atoms with van der Waals surface area (Å²) in [5.74, 6) is -0.630. The fourth-order valence-electron chi connectivity index (χ4n) is 1.20. The minimum absolute atomic E-state index is 0.0848. The van der Waals surface area contributed by atoms with Gasteiger partial charge in [-0.05, 0) is 6.07 Å². The molecule has 0 bridgehead atoms. The van der Waals surface area contributed by atoms with Crippen LogP contribution in [-0.4, -0.2) is 10.9 Å². The first-order chi connectivity index (χ1) is 6.68. The van der Waals surface area contributed by atoms with Crippen molar-refractivity contribution in [1.29, 1.82) is 0 Å². The Morgan fingerprint density at radius 2 is 2.36 bits per heavy atom. The van der Waals surface area contributed by atoms with Gasteiger partial charge in [-0.3, -0.25) is 4.79 Å². The fraction of sp³-hybridized carbons (Fsp3) is 0. The normalized spacial score (nSPS) is 10.4. The lowest BCUT2D eigenvalue weighted by atomic mass is 10.2. The molecule has 3 nitrogen and oxygen atoms in total. The molecule has 1 amide bonds. The highest BCUT2D eigenvalue weighted by molar-refractivity contribution is 6.34. The molecule has 0 saturated heterocycles. The Kier molecular flexibility index (Phi) is 2.09. The molecule has 0 saturated carbocycles. The number of hydrogen-bond acceptors (Lipinski definition) is 2. The molecule has 0 spiro atoms. The molecule has 0 unspecified atom stereocenters. The minimum Gasteiger partial charge on any atom is -0.364 e. The van der Waals surface area contributed by atoms with E-state index in [0.29, 0.717) is 5.52 Å². The van der Waals surface area contributed by atoms with E-state index >= 15 is 0 Å². The van der Waals surface area contributed by atoms with E-state index in [0.717, 1.165) is 5.39 Å². The van der Waals surface area contributed by atoms with Gasteiger partial charge in [0.15, 0.2) is 0 Å². The van der Waals surface area contributed by atoms with Gasteiger partial charge in [-0.1, -0.05) is 29.8 Å². The van der Waals surface area contributed by atoms with Crippen LogP contribution in [0.25, 0.3) is 10.9 Å². The number of carbonyl (C=O) groups excluding carboxylic acids is 1. The molecular weight excluding hydrogens is 200 g/mol. The maximum absolute atomic E-state index is 10.9. The Bertz CT molecular complexity index is 510. The van der Waals surface area contributed by atoms with Crippen molar-refractivity contribution in [3.8, 4) is 0 Å². The minimum atomic E-state index is -0.630. The summed E-state index contributed by atoms with van der Waals surface area (Å²) < 4.78 is 0. The van der Waals surface area contributed by atoms with Gasteiger partial charge in [-0.15, -0.1) is 0 Å². The number of hydrogen-bond donors (Lipinski definition) is 1. The second-order valence-corrected chi connectivity index (χ2v) is 3.20. The van der Waals surface area contributed by atoms with Crippen molar-refractivity contribution < 1.29 is 4.79 Å². The third-order valence-corrected chi connectivity index (χ3v) is 2.12. The first kappa shape index (κ1) is 8.97. The summed E-state index contributed by atoms with van der Waals surface area (Å²) in [6.45, 7) is 0. The van der Waals surface area contributed by atoms with E-state index < -0.39 is 5.91 Å². The molecule has 2 aromatic rings. The molecule has 0 aliphatic rings. The highest BCUT2D eigenvalue weighted by Gasteiger charge is 2.09. The molecule has 0 aliphatic heterocycles. The van der Waals surface area contributed by atoms with Gasteiger partial charge in [0.1, 0.15) is 5.69 Å². The van der Waals surface area contributed by atoms with Crippen molar-refractivity contribution >= 4 is 28.4 Å². The molecule has 0 aliphatic carbocycles. The Balaban J connectivity index is 2.77. The van der Waals surface area contributed by atoms with Crippen molar-refractivity contribution in [2.24, 2.45) is 5.73 Å². The first-order valence-corrected chi connectivity index (χ1v) is 4.33. The van der Waals surface area contributed by atoms with Crippen LogP contribution in [-0.2, 0) is 0 Å². The summed E-state index contributed by atoms with van der Waals surface area (Å²) in [6, 6.07) is 9.93. The van der Waals surface area contributed by atoms with Gasteiger partial charge in [-0.2, -0.15) is 0 Å². The second kappa shape index (κ2) is 3.27. The van der Waals surface area contributed by atoms with Crippen LogP contribution in [0.3, 0.4) is 0 Å². The van der Waals surface area contributed by atoms with E-state index in [2.05, 4.69) is 11.1 Å². The number of para-hydroxylation sites is 1. The van der Waals surface area contributed by atoms with Crippen molar-refractivity contribution in [1.82, 2.24) is 4.98 Å². The number of benzene rings is 1. The number of carbonyl (C=O) groups is 1. The van der Waals surface area contributed by atoms with Gasteiger partial charge in [0.25, 0.3) is 5.91 Å². The maximum Gasteiger partial charge on any atom is 0.268 e. The molecule has 0 atom stereocenters. The molecule has 2 rings (SSSR count). The summed E-state index contributed by atoms with van der Waals surface area (Å²) in [6.07, 6.45) is 0. The van der Waals surface area contributed by atoms with E-state index in [1.54, 1.807) is 12.1 Å². The zero-order chi connectivity index (χ0) is 10.1. The third-order valence-electron chi connectivity index (χ3n) is 1.83. The van der Waals surface area contributed by atoms with Crippen LogP contribution in [0.5, 0.6) is 0 Å². The Morgan fingerprint density at radius 3 is 3.07 bits per heavy atom. The molecule has 14 heavy (non-hydrogen) atoms. The largest absolute Gasteiger partial charge is 0.364 e. The number of primary amides is 1. The predicted octanol–water partition coefficient (Wildman–Crippen LogP) is 1.79. The van der Waals surface area contributed by atoms with Gasteiger partial charge >= 0.3 is 0 Å². The first-order valence-electron chi connectivity index (χ1n) is 3.95. The topological polar surface area (TPSA) is 56.0 Å². The number of rotatable bonds is 1. The fourth-order valence-corrected chi connectivity index (χ4v) is 1.45. The van der Waals surface area contributed by atoms with Crippen LogP contribution >= 0.6 is 11.6 Å². The average molecular weight is 206 g/mol. The average Bonchev–Trinajstić information content (AvgIpc) is 2.16. The van der Waals surface area contributed by atoms with E-state index in [1.165, 1.54) is 0 Å². The monoisotopic (exact) mass is 205 g/mol. The van der Waals surface area contributed by atoms with E-state index in [9.17, 15) is 4.79 Å². The summed E-state index contributed by atoms with van der Waals surface area (Å²) in [5.41, 5.74) is 5.78. The van der Waals surface area contributed by atoms with Gasteiger partial charge in [-0.25, -0.2) is 4.98 Å². The number of fused-ring (bicyclic) bond motifs is 1. The van der Waals surface area contributed by atoms with Gasteiger partial charge in [0, 0.05) is 11.5 Å². The number of amides is 1. The predicted molar refractivity (Wildman–Crippen MR) is 54.1 cm³/mol. The lowest BCUT2D eigenvalue weighted by Crippen LogP contribution is -2.13. The molecule has 0 fully saturated rings. The van der Waals surface area contributed by atoms with Gasteiger partial charge in [0.2, 0.25) is 0 Å². The van der Waals surface area contributed by atoms with E-state index in [-0.39, 0.29) is 10.7 Å². The maximum atomic E-state index is 10.9. The van der Waals surface area contributed by atoms with Crippen molar-refractivity contribution in [2.75, 3.05) is 0 Å². The zero-order valence-electron chi connectivity index (χ0n) is 7.12. The number of halogens is 1. The summed E-state index contributed by atoms with van der Waals surface area (Å²) >= 11 is 5.82. The second-order valence-electron chi connectivity index (χ2n) is 2.79.